The summed E-state index contributed by atoms with van der Waals surface area (Å²) < 4.78 is 11.2. The minimum Gasteiger partial charge on any atom is -0.496 e. The number of benzene rings is 2. The van der Waals surface area contributed by atoms with Gasteiger partial charge in [-0.2, -0.15) is 4.99 Å². The van der Waals surface area contributed by atoms with E-state index in [1.54, 1.807) is 17.0 Å². The van der Waals surface area contributed by atoms with Crippen molar-refractivity contribution in [3.05, 3.63) is 93.1 Å². The average molecular weight is 472 g/mol. The van der Waals surface area contributed by atoms with Gasteiger partial charge in [-0.1, -0.05) is 42.1 Å². The highest BCUT2D eigenvalue weighted by atomic mass is 32.2. The molecule has 0 spiro atoms. The van der Waals surface area contributed by atoms with E-state index in [0.717, 1.165) is 11.3 Å². The van der Waals surface area contributed by atoms with Crippen molar-refractivity contribution in [1.29, 1.82) is 5.41 Å². The van der Waals surface area contributed by atoms with Gasteiger partial charge in [-0.3, -0.25) is 25.2 Å². The van der Waals surface area contributed by atoms with Crippen LogP contribution in [0.15, 0.2) is 81.1 Å². The molecule has 10 heteroatoms. The summed E-state index contributed by atoms with van der Waals surface area (Å²) in [6, 6.07) is 17.1. The van der Waals surface area contributed by atoms with Crippen LogP contribution in [0.3, 0.4) is 0 Å². The quantitative estimate of drug-likeness (QED) is 0.309. The fourth-order valence-corrected chi connectivity index (χ4v) is 4.52. The molecule has 0 fully saturated rings. The van der Waals surface area contributed by atoms with Gasteiger partial charge in [0.15, 0.2) is 5.17 Å². The monoisotopic (exact) mass is 472 g/mol. The number of ether oxygens (including phenoxy) is 1. The number of nitrogens with zero attached hydrogens (tertiary/aromatic N) is 3. The Balaban J connectivity index is 1.47. The van der Waals surface area contributed by atoms with Gasteiger partial charge in [-0.05, 0) is 29.8 Å². The lowest BCUT2D eigenvalue weighted by Crippen LogP contribution is -2.37. The molecular weight excluding hydrogens is 456 g/mol. The molecular formula is C24H16N4O5S. The number of aliphatic imine (C=N–C) groups is 1. The van der Waals surface area contributed by atoms with Crippen LogP contribution in [0.4, 0.5) is 5.69 Å². The number of nitro benzene ring substituents is 1. The number of hydrogen-bond donors (Lipinski definition) is 1. The smallest absolute Gasteiger partial charge is 0.283 e. The maximum absolute atomic E-state index is 12.7. The van der Waals surface area contributed by atoms with E-state index < -0.39 is 10.8 Å². The van der Waals surface area contributed by atoms with Gasteiger partial charge in [0.2, 0.25) is 0 Å². The largest absolute Gasteiger partial charge is 0.496 e. The van der Waals surface area contributed by atoms with Crippen LogP contribution in [0.5, 0.6) is 5.75 Å². The van der Waals surface area contributed by atoms with Crippen molar-refractivity contribution >= 4 is 46.1 Å². The summed E-state index contributed by atoms with van der Waals surface area (Å²) in [6.07, 6.45) is 1.47. The molecule has 0 aliphatic carbocycles. The number of nitro groups is 1. The van der Waals surface area contributed by atoms with Crippen molar-refractivity contribution in [2.45, 2.75) is 0 Å². The maximum atomic E-state index is 12.7. The standard InChI is InChI=1S/C24H16N4O5S/c1-32-21-11-15(28(30)31)7-9-17(21)20-10-8-16(33-20)12-18-22(25)27-19(14-5-3-2-4-6-14)13-34-24(27)26-23(18)29/h2-13,25H,1H3/b18-12-,25-22?. The van der Waals surface area contributed by atoms with Crippen LogP contribution in [0, 0.1) is 15.5 Å². The molecule has 3 heterocycles. The van der Waals surface area contributed by atoms with Gasteiger partial charge >= 0.3 is 0 Å². The second kappa shape index (κ2) is 8.49. The predicted octanol–water partition coefficient (Wildman–Crippen LogP) is 5.17. The van der Waals surface area contributed by atoms with E-state index in [1.165, 1.54) is 43.1 Å². The highest BCUT2D eigenvalue weighted by molar-refractivity contribution is 8.17. The third-order valence-corrected chi connectivity index (χ3v) is 6.08. The molecule has 0 radical (unpaired) electrons. The molecule has 9 nitrogen and oxygen atoms in total. The average Bonchev–Trinajstić information content (AvgIpc) is 3.49. The highest BCUT2D eigenvalue weighted by Crippen LogP contribution is 2.38. The Morgan fingerprint density at radius 2 is 1.97 bits per heavy atom. The number of furan rings is 1. The van der Waals surface area contributed by atoms with Crippen LogP contribution in [0.1, 0.15) is 11.3 Å². The van der Waals surface area contributed by atoms with E-state index in [-0.39, 0.29) is 22.8 Å². The van der Waals surface area contributed by atoms with Gasteiger partial charge in [-0.15, -0.1) is 0 Å². The molecule has 0 saturated heterocycles. The Morgan fingerprint density at radius 1 is 1.18 bits per heavy atom. The topological polar surface area (TPSA) is 122 Å². The van der Waals surface area contributed by atoms with Crippen LogP contribution in [0.2, 0.25) is 0 Å². The summed E-state index contributed by atoms with van der Waals surface area (Å²) in [5.74, 6) is 0.488. The fourth-order valence-electron chi connectivity index (χ4n) is 3.63. The van der Waals surface area contributed by atoms with Gasteiger partial charge in [0.05, 0.1) is 34.9 Å². The fraction of sp³-hybridized carbons (Fsp3) is 0.0417. The molecule has 1 amide bonds. The number of nitrogens with one attached hydrogen (secondary N) is 1. The van der Waals surface area contributed by atoms with Crippen molar-refractivity contribution in [2.75, 3.05) is 7.11 Å². The number of methoxy groups -OCH3 is 1. The van der Waals surface area contributed by atoms with E-state index >= 15 is 0 Å². The van der Waals surface area contributed by atoms with Crippen molar-refractivity contribution in [1.82, 2.24) is 4.90 Å². The third-order valence-electron chi connectivity index (χ3n) is 5.26. The first-order chi connectivity index (χ1) is 16.5. The molecule has 5 rings (SSSR count). The Kier molecular flexibility index (Phi) is 5.34. The van der Waals surface area contributed by atoms with E-state index in [0.29, 0.717) is 22.3 Å². The van der Waals surface area contributed by atoms with Crippen molar-refractivity contribution < 1.29 is 18.9 Å². The van der Waals surface area contributed by atoms with Crippen molar-refractivity contribution in [2.24, 2.45) is 4.99 Å². The number of fused-ring (bicyclic) bond motifs is 1. The lowest BCUT2D eigenvalue weighted by molar-refractivity contribution is -0.384. The van der Waals surface area contributed by atoms with Gasteiger partial charge < -0.3 is 9.15 Å². The molecule has 2 aromatic carbocycles. The summed E-state index contributed by atoms with van der Waals surface area (Å²) in [6.45, 7) is 0. The summed E-state index contributed by atoms with van der Waals surface area (Å²) in [5.41, 5.74) is 2.18. The molecule has 168 valence electrons. The second-order valence-corrected chi connectivity index (χ2v) is 8.11. The molecule has 0 bridgehead atoms. The summed E-state index contributed by atoms with van der Waals surface area (Å²) in [5, 5.41) is 22.0. The second-order valence-electron chi connectivity index (χ2n) is 7.27. The molecule has 0 unspecified atom stereocenters. The lowest BCUT2D eigenvalue weighted by Gasteiger charge is -2.26. The van der Waals surface area contributed by atoms with Crippen molar-refractivity contribution in [3.63, 3.8) is 0 Å². The van der Waals surface area contributed by atoms with Crippen LogP contribution in [0.25, 0.3) is 23.1 Å². The SMILES string of the molecule is COc1cc([N+](=O)[O-])ccc1-c1ccc(/C=C2/C(=N)N3C(c4ccccc4)=CSC3=NC2=O)o1. The summed E-state index contributed by atoms with van der Waals surface area (Å²) in [7, 11) is 1.41. The van der Waals surface area contributed by atoms with Crippen LogP contribution in [-0.2, 0) is 4.79 Å². The molecule has 1 aromatic heterocycles. The van der Waals surface area contributed by atoms with Gasteiger partial charge in [-0.25, -0.2) is 0 Å². The molecule has 1 N–H and O–H groups in total. The number of rotatable bonds is 5. The van der Waals surface area contributed by atoms with Crippen LogP contribution < -0.4 is 4.74 Å². The maximum Gasteiger partial charge on any atom is 0.283 e. The number of amidine groups is 2. The number of amides is 1. The Hall–Kier alpha value is -4.44. The first-order valence-corrected chi connectivity index (χ1v) is 10.9. The molecule has 3 aromatic rings. The summed E-state index contributed by atoms with van der Waals surface area (Å²) in [4.78, 5) is 29.0. The lowest BCUT2D eigenvalue weighted by atomic mass is 10.1. The minimum absolute atomic E-state index is 0.000898. The van der Waals surface area contributed by atoms with E-state index in [2.05, 4.69) is 4.99 Å². The van der Waals surface area contributed by atoms with Gasteiger partial charge in [0, 0.05) is 11.5 Å². The first-order valence-electron chi connectivity index (χ1n) is 10.0. The van der Waals surface area contributed by atoms with Gasteiger partial charge in [0.1, 0.15) is 23.1 Å². The zero-order valence-corrected chi connectivity index (χ0v) is 18.5. The zero-order valence-electron chi connectivity index (χ0n) is 17.7. The Labute approximate surface area is 197 Å². The molecule has 2 aliphatic rings. The van der Waals surface area contributed by atoms with Crippen LogP contribution in [-0.4, -0.2) is 33.8 Å². The van der Waals surface area contributed by atoms with Crippen molar-refractivity contribution in [3.8, 4) is 17.1 Å². The normalized spacial score (nSPS) is 16.4. The van der Waals surface area contributed by atoms with E-state index in [1.807, 2.05) is 35.7 Å². The molecule has 0 atom stereocenters. The minimum atomic E-state index is -0.530. The van der Waals surface area contributed by atoms with Gasteiger partial charge in [0.25, 0.3) is 11.6 Å². The summed E-state index contributed by atoms with van der Waals surface area (Å²) >= 11 is 1.29. The Bertz CT molecular complexity index is 1440. The third kappa shape index (κ3) is 3.69. The van der Waals surface area contributed by atoms with E-state index in [9.17, 15) is 14.9 Å². The number of carbonyl (C=O) groups excluding carboxylic acids is 1. The van der Waals surface area contributed by atoms with E-state index in [4.69, 9.17) is 14.6 Å². The predicted molar refractivity (Wildman–Crippen MR) is 129 cm³/mol. The highest BCUT2D eigenvalue weighted by Gasteiger charge is 2.36. The zero-order chi connectivity index (χ0) is 23.8. The van der Waals surface area contributed by atoms with Crippen LogP contribution >= 0.6 is 11.8 Å². The number of carbonyl (C=O) groups is 1. The molecule has 2 aliphatic heterocycles. The Morgan fingerprint density at radius 3 is 2.71 bits per heavy atom. The number of thioether (sulfide) groups is 1. The first kappa shape index (κ1) is 21.4. The molecule has 34 heavy (non-hydrogen) atoms. The number of non-ortho nitro benzene ring substituents is 1. The molecule has 0 saturated carbocycles. The number of hydrogen-bond acceptors (Lipinski definition) is 7.